The lowest BCUT2D eigenvalue weighted by atomic mass is 9.49. The molecule has 0 aromatic carbocycles. The average Bonchev–Trinajstić information content (AvgIpc) is 3.16. The first-order valence-electron chi connectivity index (χ1n) is 11.7. The van der Waals surface area contributed by atoms with E-state index in [4.69, 9.17) is 0 Å². The van der Waals surface area contributed by atoms with Crippen LogP contribution in [0.1, 0.15) is 60.5 Å². The summed E-state index contributed by atoms with van der Waals surface area (Å²) in [7, 11) is 0. The first-order chi connectivity index (χ1) is 14.9. The largest absolute Gasteiger partial charge is 0.339 e. The quantitative estimate of drug-likeness (QED) is 0.741. The van der Waals surface area contributed by atoms with E-state index in [1.165, 1.54) is 19.3 Å². The predicted molar refractivity (Wildman–Crippen MR) is 113 cm³/mol. The highest BCUT2D eigenvalue weighted by atomic mass is 16.2. The Bertz CT molecular complexity index is 1030. The second-order valence-electron chi connectivity index (χ2n) is 10.5. The highest BCUT2D eigenvalue weighted by molar-refractivity contribution is 5.91. The molecule has 4 bridgehead atoms. The zero-order valence-electron chi connectivity index (χ0n) is 18.4. The van der Waals surface area contributed by atoms with Gasteiger partial charge in [0.1, 0.15) is 0 Å². The van der Waals surface area contributed by atoms with Gasteiger partial charge in [-0.1, -0.05) is 0 Å². The van der Waals surface area contributed by atoms with Gasteiger partial charge in [-0.3, -0.25) is 9.59 Å². The van der Waals surface area contributed by atoms with E-state index in [-0.39, 0.29) is 17.1 Å². The molecule has 2 amide bonds. The highest BCUT2D eigenvalue weighted by Crippen LogP contribution is 2.60. The standard InChI is InChI=1S/C23H30N6O2/c1-14-7-15(2)29-22(24-14)25-19(26-29)20(30)27-3-5-28(6-4-27)21(31)23-11-16-8-17(12-23)10-18(9-16)13-23/h7,16-18H,3-6,8-13H2,1-2H3. The Morgan fingerprint density at radius 3 is 2.10 bits per heavy atom. The van der Waals surface area contributed by atoms with Crippen LogP contribution in [0.25, 0.3) is 5.78 Å². The fourth-order valence-corrected chi connectivity index (χ4v) is 7.22. The predicted octanol–water partition coefficient (Wildman–Crippen LogP) is 2.24. The SMILES string of the molecule is Cc1cc(C)n2nc(C(=O)N3CCN(C(=O)C45CC6CC(CC(C6)C4)C5)CC3)nc2n1. The van der Waals surface area contributed by atoms with Gasteiger partial charge >= 0.3 is 0 Å². The van der Waals surface area contributed by atoms with E-state index in [9.17, 15) is 9.59 Å². The molecule has 5 aliphatic rings. The zero-order valence-corrected chi connectivity index (χ0v) is 18.4. The molecule has 164 valence electrons. The number of carbonyl (C=O) groups is 2. The minimum Gasteiger partial charge on any atom is -0.339 e. The van der Waals surface area contributed by atoms with Gasteiger partial charge in [-0.15, -0.1) is 5.10 Å². The van der Waals surface area contributed by atoms with Crippen molar-refractivity contribution in [2.45, 2.75) is 52.4 Å². The Kier molecular flexibility index (Phi) is 4.17. The molecule has 5 fully saturated rings. The summed E-state index contributed by atoms with van der Waals surface area (Å²) in [6, 6.07) is 1.92. The molecule has 4 saturated carbocycles. The van der Waals surface area contributed by atoms with E-state index < -0.39 is 0 Å². The molecule has 31 heavy (non-hydrogen) atoms. The third-order valence-corrected chi connectivity index (χ3v) is 8.16. The van der Waals surface area contributed by atoms with E-state index in [1.807, 2.05) is 24.8 Å². The van der Waals surface area contributed by atoms with Crippen LogP contribution in [0.3, 0.4) is 0 Å². The molecule has 0 unspecified atom stereocenters. The zero-order chi connectivity index (χ0) is 21.3. The molecule has 7 rings (SSSR count). The number of carbonyl (C=O) groups excluding carboxylic acids is 2. The minimum absolute atomic E-state index is 0.106. The van der Waals surface area contributed by atoms with Crippen molar-refractivity contribution >= 4 is 17.6 Å². The third kappa shape index (κ3) is 3.05. The van der Waals surface area contributed by atoms with Gasteiger partial charge in [0.05, 0.1) is 5.41 Å². The van der Waals surface area contributed by atoms with Crippen molar-refractivity contribution in [3.8, 4) is 0 Å². The van der Waals surface area contributed by atoms with Crippen molar-refractivity contribution < 1.29 is 9.59 Å². The molecule has 4 aliphatic carbocycles. The van der Waals surface area contributed by atoms with Gasteiger partial charge in [0.25, 0.3) is 11.7 Å². The molecule has 0 radical (unpaired) electrons. The number of aryl methyl sites for hydroxylation is 2. The van der Waals surface area contributed by atoms with Crippen molar-refractivity contribution in [1.82, 2.24) is 29.4 Å². The number of hydrogen-bond donors (Lipinski definition) is 0. The number of rotatable bonds is 2. The second kappa shape index (κ2) is 6.74. The maximum atomic E-state index is 13.6. The van der Waals surface area contributed by atoms with Crippen molar-refractivity contribution in [3.05, 3.63) is 23.3 Å². The maximum Gasteiger partial charge on any atom is 0.293 e. The van der Waals surface area contributed by atoms with Gasteiger partial charge < -0.3 is 9.80 Å². The fraction of sp³-hybridized carbons (Fsp3) is 0.696. The summed E-state index contributed by atoms with van der Waals surface area (Å²) in [6.45, 7) is 6.13. The van der Waals surface area contributed by atoms with Gasteiger partial charge in [-0.2, -0.15) is 4.98 Å². The summed E-state index contributed by atoms with van der Waals surface area (Å²) in [6.07, 6.45) is 7.30. The van der Waals surface area contributed by atoms with Crippen LogP contribution < -0.4 is 0 Å². The van der Waals surface area contributed by atoms with Gasteiger partial charge in [0.15, 0.2) is 0 Å². The van der Waals surface area contributed by atoms with Crippen molar-refractivity contribution in [3.63, 3.8) is 0 Å². The van der Waals surface area contributed by atoms with Gasteiger partial charge in [-0.25, -0.2) is 9.50 Å². The van der Waals surface area contributed by atoms with Crippen molar-refractivity contribution in [2.75, 3.05) is 26.2 Å². The maximum absolute atomic E-state index is 13.6. The normalized spacial score (nSPS) is 32.1. The number of hydrogen-bond acceptors (Lipinski definition) is 5. The second-order valence-corrected chi connectivity index (χ2v) is 10.5. The molecule has 8 nitrogen and oxygen atoms in total. The van der Waals surface area contributed by atoms with E-state index in [1.54, 1.807) is 9.42 Å². The smallest absolute Gasteiger partial charge is 0.293 e. The summed E-state index contributed by atoms with van der Waals surface area (Å²) in [5.74, 6) is 3.11. The van der Waals surface area contributed by atoms with E-state index in [2.05, 4.69) is 15.1 Å². The summed E-state index contributed by atoms with van der Waals surface area (Å²) >= 11 is 0. The summed E-state index contributed by atoms with van der Waals surface area (Å²) in [5.41, 5.74) is 1.65. The van der Waals surface area contributed by atoms with Crippen molar-refractivity contribution in [2.24, 2.45) is 23.2 Å². The average molecular weight is 423 g/mol. The van der Waals surface area contributed by atoms with Crippen LogP contribution in [-0.2, 0) is 4.79 Å². The Balaban J connectivity index is 1.14. The summed E-state index contributed by atoms with van der Waals surface area (Å²) < 4.78 is 1.62. The van der Waals surface area contributed by atoms with E-state index in [0.717, 1.165) is 48.4 Å². The van der Waals surface area contributed by atoms with Crippen LogP contribution in [0.5, 0.6) is 0 Å². The van der Waals surface area contributed by atoms with Gasteiger partial charge in [0, 0.05) is 37.6 Å². The summed E-state index contributed by atoms with van der Waals surface area (Å²) in [4.78, 5) is 39.1. The van der Waals surface area contributed by atoms with Crippen LogP contribution in [0, 0.1) is 37.0 Å². The van der Waals surface area contributed by atoms with Crippen LogP contribution >= 0.6 is 0 Å². The monoisotopic (exact) mass is 422 g/mol. The van der Waals surface area contributed by atoms with Crippen molar-refractivity contribution in [1.29, 1.82) is 0 Å². The van der Waals surface area contributed by atoms with E-state index >= 15 is 0 Å². The molecule has 2 aromatic rings. The molecule has 0 spiro atoms. The molecule has 8 heteroatoms. The van der Waals surface area contributed by atoms with Crippen LogP contribution in [0.2, 0.25) is 0 Å². The molecular formula is C23H30N6O2. The molecule has 3 heterocycles. The minimum atomic E-state index is -0.176. The molecule has 2 aromatic heterocycles. The number of nitrogens with zero attached hydrogens (tertiary/aromatic N) is 6. The number of aromatic nitrogens is 4. The number of amides is 2. The number of fused-ring (bicyclic) bond motifs is 1. The third-order valence-electron chi connectivity index (χ3n) is 8.16. The molecule has 1 saturated heterocycles. The Morgan fingerprint density at radius 1 is 0.903 bits per heavy atom. The fourth-order valence-electron chi connectivity index (χ4n) is 7.22. The van der Waals surface area contributed by atoms with E-state index in [0.29, 0.717) is 37.9 Å². The van der Waals surface area contributed by atoms with Crippen LogP contribution in [0.4, 0.5) is 0 Å². The lowest BCUT2D eigenvalue weighted by Crippen LogP contribution is -2.58. The van der Waals surface area contributed by atoms with Crippen LogP contribution in [0.15, 0.2) is 6.07 Å². The Morgan fingerprint density at radius 2 is 1.48 bits per heavy atom. The summed E-state index contributed by atoms with van der Waals surface area (Å²) in [5, 5.41) is 4.38. The molecule has 1 aliphatic heterocycles. The lowest BCUT2D eigenvalue weighted by Gasteiger charge is -2.57. The number of piperazine rings is 1. The molecular weight excluding hydrogens is 392 g/mol. The topological polar surface area (TPSA) is 83.7 Å². The van der Waals surface area contributed by atoms with Crippen LogP contribution in [-0.4, -0.2) is 67.4 Å². The lowest BCUT2D eigenvalue weighted by molar-refractivity contribution is -0.159. The van der Waals surface area contributed by atoms with Gasteiger partial charge in [0.2, 0.25) is 11.7 Å². The Labute approximate surface area is 182 Å². The first kappa shape index (κ1) is 19.2. The Hall–Kier alpha value is -2.51. The first-order valence-corrected chi connectivity index (χ1v) is 11.7. The molecule has 0 atom stereocenters. The highest BCUT2D eigenvalue weighted by Gasteiger charge is 2.55. The van der Waals surface area contributed by atoms with Gasteiger partial charge in [-0.05, 0) is 76.2 Å². The molecule has 0 N–H and O–H groups in total.